The third-order valence-corrected chi connectivity index (χ3v) is 2.73. The summed E-state index contributed by atoms with van der Waals surface area (Å²) >= 11 is 0. The van der Waals surface area contributed by atoms with Gasteiger partial charge in [0.25, 0.3) is 0 Å². The van der Waals surface area contributed by atoms with Gasteiger partial charge in [-0.15, -0.1) is 0 Å². The molecular formula is C14H9NO3. The van der Waals surface area contributed by atoms with Crippen molar-refractivity contribution in [2.75, 3.05) is 0 Å². The Labute approximate surface area is 103 Å². The molecule has 0 atom stereocenters. The second-order valence-electron chi connectivity index (χ2n) is 3.86. The van der Waals surface area contributed by atoms with Crippen LogP contribution in [-0.4, -0.2) is 16.1 Å². The highest BCUT2D eigenvalue weighted by atomic mass is 16.4. The van der Waals surface area contributed by atoms with Gasteiger partial charge in [0.15, 0.2) is 0 Å². The van der Waals surface area contributed by atoms with Crippen molar-refractivity contribution in [3.63, 3.8) is 0 Å². The zero-order chi connectivity index (χ0) is 12.5. The Morgan fingerprint density at radius 2 is 1.94 bits per heavy atom. The minimum Gasteiger partial charge on any atom is -0.475 e. The molecular weight excluding hydrogens is 230 g/mol. The van der Waals surface area contributed by atoms with Gasteiger partial charge in [-0.1, -0.05) is 30.3 Å². The smallest absolute Gasteiger partial charge is 0.371 e. The predicted octanol–water partition coefficient (Wildman–Crippen LogP) is 3.19. The summed E-state index contributed by atoms with van der Waals surface area (Å²) in [4.78, 5) is 14.9. The van der Waals surface area contributed by atoms with Gasteiger partial charge in [-0.25, -0.2) is 9.78 Å². The number of furan rings is 1. The first kappa shape index (κ1) is 10.5. The second-order valence-corrected chi connectivity index (χ2v) is 3.86. The van der Waals surface area contributed by atoms with Crippen LogP contribution in [0.15, 0.2) is 53.1 Å². The summed E-state index contributed by atoms with van der Waals surface area (Å²) in [5.74, 6) is -1.19. The number of benzene rings is 1. The van der Waals surface area contributed by atoms with E-state index in [1.165, 1.54) is 6.07 Å². The Balaban J connectivity index is 2.27. The van der Waals surface area contributed by atoms with E-state index in [2.05, 4.69) is 4.98 Å². The Morgan fingerprint density at radius 1 is 1.17 bits per heavy atom. The summed E-state index contributed by atoms with van der Waals surface area (Å²) in [6.45, 7) is 0. The van der Waals surface area contributed by atoms with Crippen LogP contribution in [-0.2, 0) is 0 Å². The fourth-order valence-corrected chi connectivity index (χ4v) is 1.91. The first-order chi connectivity index (χ1) is 8.75. The van der Waals surface area contributed by atoms with Gasteiger partial charge in [0.1, 0.15) is 0 Å². The van der Waals surface area contributed by atoms with Crippen molar-refractivity contribution in [2.45, 2.75) is 0 Å². The lowest BCUT2D eigenvalue weighted by atomic mass is 10.0. The van der Waals surface area contributed by atoms with E-state index in [0.717, 1.165) is 11.1 Å². The van der Waals surface area contributed by atoms with Crippen molar-refractivity contribution in [2.24, 2.45) is 0 Å². The van der Waals surface area contributed by atoms with E-state index in [9.17, 15) is 4.79 Å². The molecule has 0 aliphatic rings. The molecule has 2 aromatic heterocycles. The molecule has 0 bridgehead atoms. The Kier molecular flexibility index (Phi) is 2.34. The quantitative estimate of drug-likeness (QED) is 0.745. The molecule has 0 spiro atoms. The summed E-state index contributed by atoms with van der Waals surface area (Å²) in [5, 5.41) is 9.64. The van der Waals surface area contributed by atoms with Crippen LogP contribution in [0.1, 0.15) is 10.6 Å². The van der Waals surface area contributed by atoms with Gasteiger partial charge < -0.3 is 9.52 Å². The highest BCUT2D eigenvalue weighted by Crippen LogP contribution is 2.29. The van der Waals surface area contributed by atoms with Crippen molar-refractivity contribution in [1.29, 1.82) is 0 Å². The van der Waals surface area contributed by atoms with Gasteiger partial charge in [0.2, 0.25) is 11.5 Å². The third-order valence-electron chi connectivity index (χ3n) is 2.73. The van der Waals surface area contributed by atoms with Gasteiger partial charge in [-0.05, 0) is 17.2 Å². The topological polar surface area (TPSA) is 63.3 Å². The molecule has 0 saturated heterocycles. The molecule has 0 fully saturated rings. The average Bonchev–Trinajstić information content (AvgIpc) is 2.83. The molecule has 3 aromatic rings. The van der Waals surface area contributed by atoms with Crippen LogP contribution in [0.3, 0.4) is 0 Å². The van der Waals surface area contributed by atoms with Crippen LogP contribution in [0, 0.1) is 0 Å². The number of rotatable bonds is 2. The normalized spacial score (nSPS) is 10.7. The summed E-state index contributed by atoms with van der Waals surface area (Å²) in [6, 6.07) is 13.1. The van der Waals surface area contributed by atoms with Crippen LogP contribution >= 0.6 is 0 Å². The lowest BCUT2D eigenvalue weighted by Gasteiger charge is -2.01. The lowest BCUT2D eigenvalue weighted by molar-refractivity contribution is 0.0664. The van der Waals surface area contributed by atoms with E-state index in [1.54, 1.807) is 6.20 Å². The molecule has 0 aliphatic heterocycles. The Hall–Kier alpha value is -2.62. The number of fused-ring (bicyclic) bond motifs is 1. The highest BCUT2D eigenvalue weighted by Gasteiger charge is 2.14. The minimum absolute atomic E-state index is 0.0964. The maximum atomic E-state index is 10.9. The Bertz CT molecular complexity index is 716. The maximum Gasteiger partial charge on any atom is 0.371 e. The molecule has 1 N–H and O–H groups in total. The number of aromatic nitrogens is 1. The molecule has 0 amide bonds. The highest BCUT2D eigenvalue weighted by molar-refractivity contribution is 5.97. The van der Waals surface area contributed by atoms with Crippen molar-refractivity contribution >= 4 is 17.1 Å². The van der Waals surface area contributed by atoms with E-state index in [4.69, 9.17) is 9.52 Å². The van der Waals surface area contributed by atoms with Crippen LogP contribution in [0.2, 0.25) is 0 Å². The number of pyridine rings is 1. The Morgan fingerprint density at radius 3 is 2.67 bits per heavy atom. The van der Waals surface area contributed by atoms with E-state index >= 15 is 0 Å². The summed E-state index contributed by atoms with van der Waals surface area (Å²) in [6.07, 6.45) is 1.61. The van der Waals surface area contributed by atoms with E-state index < -0.39 is 5.97 Å². The summed E-state index contributed by atoms with van der Waals surface area (Å²) in [7, 11) is 0. The van der Waals surface area contributed by atoms with Crippen LogP contribution < -0.4 is 0 Å². The van der Waals surface area contributed by atoms with Crippen molar-refractivity contribution in [3.05, 3.63) is 54.4 Å². The predicted molar refractivity (Wildman–Crippen MR) is 66.4 cm³/mol. The van der Waals surface area contributed by atoms with Gasteiger partial charge in [-0.3, -0.25) is 0 Å². The fourth-order valence-electron chi connectivity index (χ4n) is 1.91. The molecule has 0 aliphatic carbocycles. The zero-order valence-corrected chi connectivity index (χ0v) is 9.33. The van der Waals surface area contributed by atoms with Crippen LogP contribution in [0.25, 0.3) is 22.2 Å². The molecule has 0 unspecified atom stereocenters. The van der Waals surface area contributed by atoms with Gasteiger partial charge >= 0.3 is 5.97 Å². The van der Waals surface area contributed by atoms with Gasteiger partial charge in [0, 0.05) is 17.6 Å². The first-order valence-corrected chi connectivity index (χ1v) is 5.43. The molecule has 18 heavy (non-hydrogen) atoms. The van der Waals surface area contributed by atoms with Crippen molar-refractivity contribution in [3.8, 4) is 11.1 Å². The third kappa shape index (κ3) is 1.64. The first-order valence-electron chi connectivity index (χ1n) is 5.43. The lowest BCUT2D eigenvalue weighted by Crippen LogP contribution is -1.91. The average molecular weight is 239 g/mol. The van der Waals surface area contributed by atoms with Crippen LogP contribution in [0.4, 0.5) is 0 Å². The molecule has 4 heteroatoms. The number of carbonyl (C=O) groups is 1. The number of hydrogen-bond acceptors (Lipinski definition) is 3. The molecule has 2 heterocycles. The number of nitrogens with zero attached hydrogens (tertiary/aromatic N) is 1. The largest absolute Gasteiger partial charge is 0.475 e. The molecule has 0 radical (unpaired) electrons. The number of aromatic carboxylic acids is 1. The second kappa shape index (κ2) is 4.00. The fraction of sp³-hybridized carbons (Fsp3) is 0. The number of carboxylic acid groups (broad SMARTS) is 1. The van der Waals surface area contributed by atoms with Crippen molar-refractivity contribution < 1.29 is 14.3 Å². The molecule has 88 valence electrons. The summed E-state index contributed by atoms with van der Waals surface area (Å²) < 4.78 is 5.18. The van der Waals surface area contributed by atoms with Gasteiger partial charge in [-0.2, -0.15) is 0 Å². The molecule has 1 aromatic carbocycles. The maximum absolute atomic E-state index is 10.9. The SMILES string of the molecule is O=C(O)c1cc2c(-c3ccccc3)ccnc2o1. The van der Waals surface area contributed by atoms with Gasteiger partial charge in [0.05, 0.1) is 0 Å². The monoisotopic (exact) mass is 239 g/mol. The molecule has 4 nitrogen and oxygen atoms in total. The van der Waals surface area contributed by atoms with E-state index in [1.807, 2.05) is 36.4 Å². The molecule has 0 saturated carbocycles. The zero-order valence-electron chi connectivity index (χ0n) is 9.33. The van der Waals surface area contributed by atoms with Crippen LogP contribution in [0.5, 0.6) is 0 Å². The van der Waals surface area contributed by atoms with Crippen molar-refractivity contribution in [1.82, 2.24) is 4.98 Å². The number of carboxylic acids is 1. The standard InChI is InChI=1S/C14H9NO3/c16-14(17)12-8-11-10(6-7-15-13(11)18-12)9-4-2-1-3-5-9/h1-8H,(H,16,17). The molecule has 3 rings (SSSR count). The van der Waals surface area contributed by atoms with E-state index in [0.29, 0.717) is 11.1 Å². The minimum atomic E-state index is -1.09. The summed E-state index contributed by atoms with van der Waals surface area (Å²) in [5.41, 5.74) is 2.26. The number of hydrogen-bond donors (Lipinski definition) is 1. The van der Waals surface area contributed by atoms with E-state index in [-0.39, 0.29) is 5.76 Å².